The Morgan fingerprint density at radius 1 is 1.00 bits per heavy atom. The third-order valence-electron chi connectivity index (χ3n) is 3.30. The van der Waals surface area contributed by atoms with Crippen LogP contribution in [-0.4, -0.2) is 9.91 Å². The summed E-state index contributed by atoms with van der Waals surface area (Å²) in [5, 5.41) is 13.2. The molecular weight excluding hydrogens is 252 g/mol. The predicted octanol–water partition coefficient (Wildman–Crippen LogP) is 3.73. The fraction of sp³-hybridized carbons (Fsp3) is 0.0625. The van der Waals surface area contributed by atoms with Gasteiger partial charge in [-0.1, -0.05) is 42.5 Å². The average molecular weight is 264 g/mol. The van der Waals surface area contributed by atoms with E-state index in [1.807, 2.05) is 36.4 Å². The summed E-state index contributed by atoms with van der Waals surface area (Å²) in [6.45, 7) is 0. The van der Waals surface area contributed by atoms with Crippen molar-refractivity contribution in [2.45, 2.75) is 6.42 Å². The van der Waals surface area contributed by atoms with Crippen molar-refractivity contribution in [2.24, 2.45) is 0 Å². The van der Waals surface area contributed by atoms with Crippen molar-refractivity contribution in [3.63, 3.8) is 0 Å². The Balaban J connectivity index is 2.08. The van der Waals surface area contributed by atoms with Crippen molar-refractivity contribution in [3.8, 4) is 0 Å². The normalized spacial score (nSPS) is 10.6. The second kappa shape index (κ2) is 5.09. The summed E-state index contributed by atoms with van der Waals surface area (Å²) in [5.41, 5.74) is 1.68. The fourth-order valence-corrected chi connectivity index (χ4v) is 2.34. The summed E-state index contributed by atoms with van der Waals surface area (Å²) < 4.78 is 0. The van der Waals surface area contributed by atoms with E-state index < -0.39 is 0 Å². The van der Waals surface area contributed by atoms with Crippen molar-refractivity contribution in [1.29, 1.82) is 0 Å². The van der Waals surface area contributed by atoms with Crippen LogP contribution in [0.3, 0.4) is 0 Å². The summed E-state index contributed by atoms with van der Waals surface area (Å²) in [6, 6.07) is 16.7. The lowest BCUT2D eigenvalue weighted by atomic mass is 10.0. The highest BCUT2D eigenvalue weighted by atomic mass is 16.6. The Kier molecular flexibility index (Phi) is 3.13. The van der Waals surface area contributed by atoms with E-state index >= 15 is 0 Å². The Bertz CT molecular complexity index is 779. The molecule has 1 heterocycles. The summed E-state index contributed by atoms with van der Waals surface area (Å²) in [7, 11) is 0. The van der Waals surface area contributed by atoms with Crippen molar-refractivity contribution >= 4 is 16.5 Å². The van der Waals surface area contributed by atoms with Crippen LogP contribution in [0.25, 0.3) is 10.8 Å². The summed E-state index contributed by atoms with van der Waals surface area (Å²) >= 11 is 0. The van der Waals surface area contributed by atoms with Gasteiger partial charge in [0, 0.05) is 29.6 Å². The molecule has 0 fully saturated rings. The Labute approximate surface area is 115 Å². The molecule has 0 N–H and O–H groups in total. The number of aromatic nitrogens is 1. The number of hydrogen-bond acceptors (Lipinski definition) is 3. The Hall–Kier alpha value is -2.75. The van der Waals surface area contributed by atoms with Gasteiger partial charge in [-0.3, -0.25) is 15.1 Å². The maximum absolute atomic E-state index is 11.1. The number of nitro groups is 1. The molecule has 0 aliphatic heterocycles. The van der Waals surface area contributed by atoms with Crippen molar-refractivity contribution in [1.82, 2.24) is 4.98 Å². The van der Waals surface area contributed by atoms with E-state index in [-0.39, 0.29) is 10.6 Å². The monoisotopic (exact) mass is 264 g/mol. The molecule has 0 radical (unpaired) electrons. The largest absolute Gasteiger partial charge is 0.272 e. The van der Waals surface area contributed by atoms with Gasteiger partial charge in [-0.25, -0.2) is 0 Å². The van der Waals surface area contributed by atoms with Crippen LogP contribution in [0.15, 0.2) is 60.8 Å². The zero-order chi connectivity index (χ0) is 13.9. The van der Waals surface area contributed by atoms with E-state index in [0.29, 0.717) is 12.0 Å². The minimum absolute atomic E-state index is 0.141. The molecule has 3 aromatic rings. The third kappa shape index (κ3) is 2.23. The lowest BCUT2D eigenvalue weighted by Crippen LogP contribution is -1.98. The van der Waals surface area contributed by atoms with E-state index in [0.717, 1.165) is 16.5 Å². The Morgan fingerprint density at radius 3 is 2.60 bits per heavy atom. The molecule has 98 valence electrons. The average Bonchev–Trinajstić information content (AvgIpc) is 2.48. The van der Waals surface area contributed by atoms with E-state index in [1.165, 1.54) is 6.07 Å². The molecular formula is C16H12N2O2. The molecule has 0 atom stereocenters. The first-order valence-corrected chi connectivity index (χ1v) is 6.30. The van der Waals surface area contributed by atoms with Gasteiger partial charge in [-0.05, 0) is 11.5 Å². The van der Waals surface area contributed by atoms with Crippen LogP contribution in [0.4, 0.5) is 5.69 Å². The van der Waals surface area contributed by atoms with E-state index in [4.69, 9.17) is 0 Å². The molecule has 0 amide bonds. The number of benzene rings is 2. The van der Waals surface area contributed by atoms with Gasteiger partial charge in [0.1, 0.15) is 0 Å². The highest BCUT2D eigenvalue weighted by Crippen LogP contribution is 2.24. The third-order valence-corrected chi connectivity index (χ3v) is 3.30. The van der Waals surface area contributed by atoms with Crippen LogP contribution in [0.2, 0.25) is 0 Å². The molecule has 2 aromatic carbocycles. The molecule has 20 heavy (non-hydrogen) atoms. The molecule has 0 saturated carbocycles. The van der Waals surface area contributed by atoms with Crippen LogP contribution < -0.4 is 0 Å². The fourth-order valence-electron chi connectivity index (χ4n) is 2.34. The number of fused-ring (bicyclic) bond motifs is 1. The molecule has 0 spiro atoms. The van der Waals surface area contributed by atoms with Gasteiger partial charge in [0.15, 0.2) is 0 Å². The number of rotatable bonds is 3. The van der Waals surface area contributed by atoms with Gasteiger partial charge in [-0.2, -0.15) is 0 Å². The van der Waals surface area contributed by atoms with Gasteiger partial charge < -0.3 is 0 Å². The molecule has 0 unspecified atom stereocenters. The number of nitrogens with zero attached hydrogens (tertiary/aromatic N) is 2. The van der Waals surface area contributed by atoms with Gasteiger partial charge in [0.25, 0.3) is 5.69 Å². The molecule has 0 saturated heterocycles. The van der Waals surface area contributed by atoms with Crippen LogP contribution in [-0.2, 0) is 6.42 Å². The zero-order valence-electron chi connectivity index (χ0n) is 10.7. The summed E-state index contributed by atoms with van der Waals surface area (Å²) in [6.07, 6.45) is 2.20. The van der Waals surface area contributed by atoms with E-state index in [9.17, 15) is 10.1 Å². The maximum Gasteiger partial charge on any atom is 0.272 e. The van der Waals surface area contributed by atoms with Gasteiger partial charge in [0.2, 0.25) is 0 Å². The smallest absolute Gasteiger partial charge is 0.260 e. The zero-order valence-corrected chi connectivity index (χ0v) is 10.7. The molecule has 0 bridgehead atoms. The molecule has 3 rings (SSSR count). The van der Waals surface area contributed by atoms with Crippen LogP contribution >= 0.6 is 0 Å². The SMILES string of the molecule is O=[N+]([O-])c1ccccc1Cc1nccc2ccccc12. The lowest BCUT2D eigenvalue weighted by molar-refractivity contribution is -0.385. The van der Waals surface area contributed by atoms with Gasteiger partial charge in [-0.15, -0.1) is 0 Å². The first-order valence-electron chi connectivity index (χ1n) is 6.30. The lowest BCUT2D eigenvalue weighted by Gasteiger charge is -2.06. The number of hydrogen-bond donors (Lipinski definition) is 0. The standard InChI is InChI=1S/C16H12N2O2/c19-18(20)16-8-4-2-6-13(16)11-15-14-7-3-1-5-12(14)9-10-17-15/h1-10H,11H2. The van der Waals surface area contributed by atoms with E-state index in [2.05, 4.69) is 4.98 Å². The highest BCUT2D eigenvalue weighted by molar-refractivity contribution is 5.84. The minimum Gasteiger partial charge on any atom is -0.260 e. The second-order valence-electron chi connectivity index (χ2n) is 4.54. The van der Waals surface area contributed by atoms with Crippen LogP contribution in [0.1, 0.15) is 11.3 Å². The van der Waals surface area contributed by atoms with Crippen molar-refractivity contribution in [2.75, 3.05) is 0 Å². The molecule has 0 aliphatic rings. The summed E-state index contributed by atoms with van der Waals surface area (Å²) in [4.78, 5) is 15.1. The first-order chi connectivity index (χ1) is 9.75. The predicted molar refractivity (Wildman–Crippen MR) is 77.6 cm³/mol. The highest BCUT2D eigenvalue weighted by Gasteiger charge is 2.14. The maximum atomic E-state index is 11.1. The quantitative estimate of drug-likeness (QED) is 0.535. The van der Waals surface area contributed by atoms with Crippen LogP contribution in [0, 0.1) is 10.1 Å². The topological polar surface area (TPSA) is 56.0 Å². The second-order valence-corrected chi connectivity index (χ2v) is 4.54. The van der Waals surface area contributed by atoms with Crippen molar-refractivity contribution < 1.29 is 4.92 Å². The van der Waals surface area contributed by atoms with Gasteiger partial charge in [0.05, 0.1) is 10.6 Å². The number of nitro benzene ring substituents is 1. The molecule has 4 nitrogen and oxygen atoms in total. The molecule has 0 aliphatic carbocycles. The van der Waals surface area contributed by atoms with Gasteiger partial charge >= 0.3 is 0 Å². The molecule has 4 heteroatoms. The summed E-state index contributed by atoms with van der Waals surface area (Å²) in [5.74, 6) is 0. The van der Waals surface area contributed by atoms with E-state index in [1.54, 1.807) is 18.3 Å². The first kappa shape index (κ1) is 12.3. The Morgan fingerprint density at radius 2 is 1.75 bits per heavy atom. The number of para-hydroxylation sites is 1. The van der Waals surface area contributed by atoms with Crippen molar-refractivity contribution in [3.05, 3.63) is 82.2 Å². The molecule has 1 aromatic heterocycles. The van der Waals surface area contributed by atoms with Crippen LogP contribution in [0.5, 0.6) is 0 Å². The minimum atomic E-state index is -0.347. The number of pyridine rings is 1.